The Balaban J connectivity index is 1.64. The molecule has 0 bridgehead atoms. The van der Waals surface area contributed by atoms with Crippen molar-refractivity contribution in [2.24, 2.45) is 0 Å². The molecule has 4 nitrogen and oxygen atoms in total. The number of aryl methyl sites for hydroxylation is 2. The Morgan fingerprint density at radius 1 is 0.913 bits per heavy atom. The Hall–Kier alpha value is -2.62. The SMILES string of the molecule is Cc1ccc(C)c(OCCc2nnc(-c3ccccc3)o2)c1C. The molecule has 0 unspecified atom stereocenters. The Kier molecular flexibility index (Phi) is 4.42. The van der Waals surface area contributed by atoms with Crippen LogP contribution in [-0.4, -0.2) is 16.8 Å². The fourth-order valence-electron chi connectivity index (χ4n) is 2.44. The molecular formula is C19H20N2O2. The summed E-state index contributed by atoms with van der Waals surface area (Å²) in [5.74, 6) is 2.09. The molecule has 1 aromatic heterocycles. The molecule has 4 heteroatoms. The molecule has 2 aromatic carbocycles. The highest BCUT2D eigenvalue weighted by Gasteiger charge is 2.10. The first-order valence-corrected chi connectivity index (χ1v) is 7.72. The van der Waals surface area contributed by atoms with Gasteiger partial charge in [-0.3, -0.25) is 0 Å². The molecule has 0 aliphatic carbocycles. The maximum Gasteiger partial charge on any atom is 0.247 e. The zero-order chi connectivity index (χ0) is 16.2. The van der Waals surface area contributed by atoms with Gasteiger partial charge in [-0.15, -0.1) is 10.2 Å². The van der Waals surface area contributed by atoms with Gasteiger partial charge in [-0.2, -0.15) is 0 Å². The van der Waals surface area contributed by atoms with Gasteiger partial charge < -0.3 is 9.15 Å². The largest absolute Gasteiger partial charge is 0.492 e. The monoisotopic (exact) mass is 308 g/mol. The second-order valence-corrected chi connectivity index (χ2v) is 5.62. The summed E-state index contributed by atoms with van der Waals surface area (Å²) < 4.78 is 11.6. The van der Waals surface area contributed by atoms with Crippen molar-refractivity contribution in [3.05, 3.63) is 65.0 Å². The highest BCUT2D eigenvalue weighted by molar-refractivity contribution is 5.51. The molecule has 0 spiro atoms. The molecule has 0 amide bonds. The van der Waals surface area contributed by atoms with E-state index in [4.69, 9.17) is 9.15 Å². The van der Waals surface area contributed by atoms with Crippen molar-refractivity contribution in [2.45, 2.75) is 27.2 Å². The minimum atomic E-state index is 0.515. The van der Waals surface area contributed by atoms with Crippen molar-refractivity contribution in [3.8, 4) is 17.2 Å². The lowest BCUT2D eigenvalue weighted by Crippen LogP contribution is -2.04. The smallest absolute Gasteiger partial charge is 0.247 e. The molecule has 0 aliphatic rings. The third kappa shape index (κ3) is 3.42. The van der Waals surface area contributed by atoms with Gasteiger partial charge in [0.15, 0.2) is 0 Å². The number of ether oxygens (including phenoxy) is 1. The van der Waals surface area contributed by atoms with E-state index in [1.54, 1.807) is 0 Å². The quantitative estimate of drug-likeness (QED) is 0.705. The molecule has 0 aliphatic heterocycles. The van der Waals surface area contributed by atoms with Gasteiger partial charge in [0.1, 0.15) is 5.75 Å². The van der Waals surface area contributed by atoms with Crippen LogP contribution in [-0.2, 0) is 6.42 Å². The summed E-state index contributed by atoms with van der Waals surface area (Å²) >= 11 is 0. The Morgan fingerprint density at radius 3 is 2.43 bits per heavy atom. The van der Waals surface area contributed by atoms with Crippen LogP contribution in [0, 0.1) is 20.8 Å². The van der Waals surface area contributed by atoms with E-state index in [2.05, 4.69) is 43.1 Å². The summed E-state index contributed by atoms with van der Waals surface area (Å²) in [6.45, 7) is 6.74. The molecule has 1 heterocycles. The predicted molar refractivity (Wildman–Crippen MR) is 89.6 cm³/mol. The van der Waals surface area contributed by atoms with Crippen molar-refractivity contribution in [3.63, 3.8) is 0 Å². The first-order valence-electron chi connectivity index (χ1n) is 7.72. The summed E-state index contributed by atoms with van der Waals surface area (Å²) in [4.78, 5) is 0. The van der Waals surface area contributed by atoms with Gasteiger partial charge in [-0.25, -0.2) is 0 Å². The fourth-order valence-corrected chi connectivity index (χ4v) is 2.44. The van der Waals surface area contributed by atoms with Crippen LogP contribution in [0.3, 0.4) is 0 Å². The summed E-state index contributed by atoms with van der Waals surface area (Å²) in [5.41, 5.74) is 4.48. The molecule has 3 rings (SSSR count). The predicted octanol–water partition coefficient (Wildman–Crippen LogP) is 4.28. The Bertz CT molecular complexity index is 794. The molecule has 0 atom stereocenters. The zero-order valence-corrected chi connectivity index (χ0v) is 13.7. The molecule has 0 fully saturated rings. The third-order valence-corrected chi connectivity index (χ3v) is 3.92. The second kappa shape index (κ2) is 6.65. The van der Waals surface area contributed by atoms with Crippen LogP contribution < -0.4 is 4.74 Å². The first kappa shape index (κ1) is 15.3. The van der Waals surface area contributed by atoms with Crippen molar-refractivity contribution >= 4 is 0 Å². The van der Waals surface area contributed by atoms with Gasteiger partial charge in [0.05, 0.1) is 13.0 Å². The molecule has 0 saturated heterocycles. The van der Waals surface area contributed by atoms with Crippen LogP contribution in [0.25, 0.3) is 11.5 Å². The fraction of sp³-hybridized carbons (Fsp3) is 0.263. The van der Waals surface area contributed by atoms with E-state index in [-0.39, 0.29) is 0 Å². The highest BCUT2D eigenvalue weighted by Crippen LogP contribution is 2.26. The third-order valence-electron chi connectivity index (χ3n) is 3.92. The van der Waals surface area contributed by atoms with Gasteiger partial charge in [-0.05, 0) is 49.6 Å². The van der Waals surface area contributed by atoms with Crippen molar-refractivity contribution < 1.29 is 9.15 Å². The molecular weight excluding hydrogens is 288 g/mol. The van der Waals surface area contributed by atoms with Crippen LogP contribution >= 0.6 is 0 Å². The maximum absolute atomic E-state index is 5.94. The molecule has 0 N–H and O–H groups in total. The first-order chi connectivity index (χ1) is 11.1. The van der Waals surface area contributed by atoms with Gasteiger partial charge in [0, 0.05) is 5.56 Å². The topological polar surface area (TPSA) is 48.2 Å². The average Bonchev–Trinajstić information content (AvgIpc) is 3.04. The van der Waals surface area contributed by atoms with E-state index in [1.807, 2.05) is 30.3 Å². The summed E-state index contributed by atoms with van der Waals surface area (Å²) in [7, 11) is 0. The normalized spacial score (nSPS) is 10.7. The molecule has 0 radical (unpaired) electrons. The van der Waals surface area contributed by atoms with E-state index < -0.39 is 0 Å². The Morgan fingerprint density at radius 2 is 1.65 bits per heavy atom. The standard InChI is InChI=1S/C19H20N2O2/c1-13-9-10-14(2)18(15(13)3)22-12-11-17-20-21-19(23-17)16-7-5-4-6-8-16/h4-10H,11-12H2,1-3H3. The van der Waals surface area contributed by atoms with E-state index in [9.17, 15) is 0 Å². The van der Waals surface area contributed by atoms with Crippen LogP contribution in [0.2, 0.25) is 0 Å². The van der Waals surface area contributed by atoms with Crippen LogP contribution in [0.1, 0.15) is 22.6 Å². The Labute approximate surface area is 136 Å². The van der Waals surface area contributed by atoms with Crippen LogP contribution in [0.4, 0.5) is 0 Å². The van der Waals surface area contributed by atoms with Crippen molar-refractivity contribution in [1.29, 1.82) is 0 Å². The number of nitrogens with zero attached hydrogens (tertiary/aromatic N) is 2. The second-order valence-electron chi connectivity index (χ2n) is 5.62. The van der Waals surface area contributed by atoms with Gasteiger partial charge in [0.2, 0.25) is 11.8 Å². The van der Waals surface area contributed by atoms with E-state index in [1.165, 1.54) is 11.1 Å². The lowest BCUT2D eigenvalue weighted by molar-refractivity contribution is 0.303. The average molecular weight is 308 g/mol. The lowest BCUT2D eigenvalue weighted by Gasteiger charge is -2.13. The molecule has 23 heavy (non-hydrogen) atoms. The molecule has 3 aromatic rings. The van der Waals surface area contributed by atoms with E-state index >= 15 is 0 Å². The number of hydrogen-bond acceptors (Lipinski definition) is 4. The summed E-state index contributed by atoms with van der Waals surface area (Å²) in [5, 5.41) is 8.18. The lowest BCUT2D eigenvalue weighted by atomic mass is 10.1. The van der Waals surface area contributed by atoms with E-state index in [0.29, 0.717) is 24.8 Å². The van der Waals surface area contributed by atoms with E-state index in [0.717, 1.165) is 16.9 Å². The highest BCUT2D eigenvalue weighted by atomic mass is 16.5. The van der Waals surface area contributed by atoms with Crippen LogP contribution in [0.15, 0.2) is 46.9 Å². The van der Waals surface area contributed by atoms with Gasteiger partial charge in [-0.1, -0.05) is 30.3 Å². The molecule has 118 valence electrons. The zero-order valence-electron chi connectivity index (χ0n) is 13.7. The maximum atomic E-state index is 5.94. The van der Waals surface area contributed by atoms with Gasteiger partial charge >= 0.3 is 0 Å². The summed E-state index contributed by atoms with van der Waals surface area (Å²) in [6, 6.07) is 14.0. The number of rotatable bonds is 5. The summed E-state index contributed by atoms with van der Waals surface area (Å²) in [6.07, 6.45) is 0.590. The van der Waals surface area contributed by atoms with Crippen molar-refractivity contribution in [1.82, 2.24) is 10.2 Å². The number of hydrogen-bond donors (Lipinski definition) is 0. The van der Waals surface area contributed by atoms with Gasteiger partial charge in [0.25, 0.3) is 0 Å². The van der Waals surface area contributed by atoms with Crippen LogP contribution in [0.5, 0.6) is 5.75 Å². The number of aromatic nitrogens is 2. The minimum Gasteiger partial charge on any atom is -0.492 e. The minimum absolute atomic E-state index is 0.515. The van der Waals surface area contributed by atoms with Crippen molar-refractivity contribution in [2.75, 3.05) is 6.61 Å². The number of benzene rings is 2. The molecule has 0 saturated carbocycles.